The Balaban J connectivity index is 1.82. The maximum absolute atomic E-state index is 11.9. The number of carbonyl (C=O) groups is 1. The minimum atomic E-state index is 0.0153. The van der Waals surface area contributed by atoms with E-state index in [0.29, 0.717) is 0 Å². The van der Waals surface area contributed by atoms with E-state index in [0.717, 1.165) is 18.6 Å². The summed E-state index contributed by atoms with van der Waals surface area (Å²) in [4.78, 5) is 11.9. The van der Waals surface area contributed by atoms with Crippen LogP contribution < -0.4 is 0 Å². The van der Waals surface area contributed by atoms with Crippen LogP contribution in [0.25, 0.3) is 0 Å². The Bertz CT molecular complexity index is 648. The standard InChI is InChI=1S/C40H72O2/c1-3-5-7-9-11-13-15-17-19-21-23-25-27-29-31-33-35-37-39-38(40(41)42-39)36-34-32-30-28-26-24-22-20-18-16-14-12-10-8-6-4-2/h3-4,37-38H,1-2,5-36H2/b39-37+. The zero-order chi connectivity index (χ0) is 30.2. The largest absolute Gasteiger partial charge is 0.430 e. The van der Waals surface area contributed by atoms with Gasteiger partial charge in [-0.25, -0.2) is 0 Å². The molecule has 0 spiro atoms. The highest BCUT2D eigenvalue weighted by molar-refractivity contribution is 5.82. The molecule has 1 aliphatic heterocycles. The molecule has 0 N–H and O–H groups in total. The molecule has 42 heavy (non-hydrogen) atoms. The summed E-state index contributed by atoms with van der Waals surface area (Å²) in [6, 6.07) is 0. The first-order valence-corrected chi connectivity index (χ1v) is 18.9. The van der Waals surface area contributed by atoms with Crippen LogP contribution in [0.5, 0.6) is 0 Å². The molecular formula is C40H72O2. The topological polar surface area (TPSA) is 26.3 Å². The van der Waals surface area contributed by atoms with Gasteiger partial charge in [-0.1, -0.05) is 173 Å². The molecule has 1 rings (SSSR count). The molecular weight excluding hydrogens is 512 g/mol. The number of esters is 1. The molecule has 1 heterocycles. The minimum Gasteiger partial charge on any atom is -0.430 e. The van der Waals surface area contributed by atoms with E-state index in [1.54, 1.807) is 0 Å². The predicted octanol–water partition coefficient (Wildman–Crippen LogP) is 13.9. The molecule has 0 aromatic rings. The number of hydrogen-bond donors (Lipinski definition) is 0. The van der Waals surface area contributed by atoms with Gasteiger partial charge in [0.2, 0.25) is 0 Å². The molecule has 0 amide bonds. The molecule has 0 aliphatic carbocycles. The van der Waals surface area contributed by atoms with E-state index in [9.17, 15) is 4.79 Å². The van der Waals surface area contributed by atoms with Crippen molar-refractivity contribution in [3.63, 3.8) is 0 Å². The number of hydrogen-bond acceptors (Lipinski definition) is 2. The van der Waals surface area contributed by atoms with Crippen LogP contribution in [0.2, 0.25) is 0 Å². The van der Waals surface area contributed by atoms with Crippen molar-refractivity contribution < 1.29 is 9.53 Å². The van der Waals surface area contributed by atoms with Crippen LogP contribution in [0.3, 0.4) is 0 Å². The molecule has 0 bridgehead atoms. The summed E-state index contributed by atoms with van der Waals surface area (Å²) in [6.07, 6.45) is 49.2. The smallest absolute Gasteiger partial charge is 0.321 e. The Labute approximate surface area is 263 Å². The van der Waals surface area contributed by atoms with E-state index in [1.807, 2.05) is 12.2 Å². The Morgan fingerprint density at radius 2 is 0.714 bits per heavy atom. The summed E-state index contributed by atoms with van der Waals surface area (Å²) < 4.78 is 5.38. The summed E-state index contributed by atoms with van der Waals surface area (Å²) in [5.41, 5.74) is 0. The fraction of sp³-hybridized carbons (Fsp3) is 0.825. The molecule has 1 aliphatic rings. The maximum atomic E-state index is 11.9. The van der Waals surface area contributed by atoms with E-state index >= 15 is 0 Å². The fourth-order valence-electron chi connectivity index (χ4n) is 6.32. The highest BCUT2D eigenvalue weighted by Gasteiger charge is 2.36. The van der Waals surface area contributed by atoms with E-state index < -0.39 is 0 Å². The quantitative estimate of drug-likeness (QED) is 0.0427. The Morgan fingerprint density at radius 1 is 0.429 bits per heavy atom. The normalized spacial score (nSPS) is 15.6. The Morgan fingerprint density at radius 3 is 1.02 bits per heavy atom. The van der Waals surface area contributed by atoms with Crippen molar-refractivity contribution in [3.8, 4) is 0 Å². The number of ether oxygens (including phenoxy) is 1. The molecule has 2 heteroatoms. The first kappa shape index (κ1) is 38.7. The average molecular weight is 585 g/mol. The van der Waals surface area contributed by atoms with Crippen molar-refractivity contribution in [2.24, 2.45) is 5.92 Å². The van der Waals surface area contributed by atoms with Crippen molar-refractivity contribution in [3.05, 3.63) is 37.1 Å². The van der Waals surface area contributed by atoms with Gasteiger partial charge >= 0.3 is 5.97 Å². The van der Waals surface area contributed by atoms with Gasteiger partial charge < -0.3 is 4.74 Å². The number of carbonyl (C=O) groups excluding carboxylic acids is 1. The van der Waals surface area contributed by atoms with Crippen molar-refractivity contribution >= 4 is 5.97 Å². The third-order valence-electron chi connectivity index (χ3n) is 9.21. The van der Waals surface area contributed by atoms with Gasteiger partial charge in [0.1, 0.15) is 11.7 Å². The number of cyclic esters (lactones) is 1. The molecule has 1 unspecified atom stereocenters. The fourth-order valence-corrected chi connectivity index (χ4v) is 6.32. The minimum absolute atomic E-state index is 0.0153. The van der Waals surface area contributed by atoms with Gasteiger partial charge in [0.15, 0.2) is 0 Å². The average Bonchev–Trinajstić information content (AvgIpc) is 2.99. The summed E-state index contributed by atoms with van der Waals surface area (Å²) >= 11 is 0. The third-order valence-corrected chi connectivity index (χ3v) is 9.21. The molecule has 1 fully saturated rings. The van der Waals surface area contributed by atoms with E-state index in [4.69, 9.17) is 4.74 Å². The second-order valence-electron chi connectivity index (χ2n) is 13.2. The predicted molar refractivity (Wildman–Crippen MR) is 186 cm³/mol. The van der Waals surface area contributed by atoms with Crippen LogP contribution >= 0.6 is 0 Å². The lowest BCUT2D eigenvalue weighted by molar-refractivity contribution is -0.157. The lowest BCUT2D eigenvalue weighted by Gasteiger charge is -2.28. The number of allylic oxidation sites excluding steroid dienone is 3. The van der Waals surface area contributed by atoms with E-state index in [-0.39, 0.29) is 11.9 Å². The Hall–Kier alpha value is -1.31. The SMILES string of the molecule is C=CCCCCCCCCCCCCCCCC/C=C1/OC(=O)C1CCCCCCCCCCCCCCCCC=C. The van der Waals surface area contributed by atoms with Crippen LogP contribution in [0.4, 0.5) is 0 Å². The summed E-state index contributed by atoms with van der Waals surface area (Å²) in [5.74, 6) is 1.07. The van der Waals surface area contributed by atoms with Gasteiger partial charge in [-0.15, -0.1) is 13.2 Å². The van der Waals surface area contributed by atoms with Gasteiger partial charge in [-0.05, 0) is 51.0 Å². The van der Waals surface area contributed by atoms with E-state index in [1.165, 1.54) is 193 Å². The molecule has 0 saturated carbocycles. The van der Waals surface area contributed by atoms with Crippen molar-refractivity contribution in [2.75, 3.05) is 0 Å². The van der Waals surface area contributed by atoms with Gasteiger partial charge in [-0.2, -0.15) is 0 Å². The Kier molecular flexibility index (Phi) is 28.7. The zero-order valence-corrected chi connectivity index (χ0v) is 28.2. The first-order chi connectivity index (χ1) is 20.8. The summed E-state index contributed by atoms with van der Waals surface area (Å²) in [7, 11) is 0. The maximum Gasteiger partial charge on any atom is 0.321 e. The second-order valence-corrected chi connectivity index (χ2v) is 13.2. The van der Waals surface area contributed by atoms with Crippen LogP contribution in [0.15, 0.2) is 37.1 Å². The molecule has 0 aromatic heterocycles. The monoisotopic (exact) mass is 585 g/mol. The van der Waals surface area contributed by atoms with Crippen LogP contribution in [-0.4, -0.2) is 5.97 Å². The lowest BCUT2D eigenvalue weighted by atomic mass is 9.93. The number of rotatable bonds is 34. The van der Waals surface area contributed by atoms with Crippen molar-refractivity contribution in [2.45, 2.75) is 205 Å². The summed E-state index contributed by atoms with van der Waals surface area (Å²) in [6.45, 7) is 7.59. The highest BCUT2D eigenvalue weighted by atomic mass is 16.6. The molecule has 0 aromatic carbocycles. The van der Waals surface area contributed by atoms with Crippen molar-refractivity contribution in [1.82, 2.24) is 0 Å². The zero-order valence-electron chi connectivity index (χ0n) is 28.2. The first-order valence-electron chi connectivity index (χ1n) is 18.9. The van der Waals surface area contributed by atoms with Gasteiger partial charge in [0.25, 0.3) is 0 Å². The van der Waals surface area contributed by atoms with Crippen LogP contribution in [-0.2, 0) is 9.53 Å². The highest BCUT2D eigenvalue weighted by Crippen LogP contribution is 2.32. The molecule has 1 saturated heterocycles. The second kappa shape index (κ2) is 31.1. The number of unbranched alkanes of at least 4 members (excludes halogenated alkanes) is 29. The molecule has 244 valence electrons. The van der Waals surface area contributed by atoms with Crippen molar-refractivity contribution in [1.29, 1.82) is 0 Å². The molecule has 1 atom stereocenters. The van der Waals surface area contributed by atoms with Gasteiger partial charge in [0, 0.05) is 0 Å². The lowest BCUT2D eigenvalue weighted by Crippen LogP contribution is -2.32. The molecule has 0 radical (unpaired) electrons. The summed E-state index contributed by atoms with van der Waals surface area (Å²) in [5, 5.41) is 0. The van der Waals surface area contributed by atoms with Crippen LogP contribution in [0.1, 0.15) is 205 Å². The van der Waals surface area contributed by atoms with Gasteiger partial charge in [0.05, 0.1) is 0 Å². The third kappa shape index (κ3) is 24.2. The van der Waals surface area contributed by atoms with E-state index in [2.05, 4.69) is 19.2 Å². The molecule has 2 nitrogen and oxygen atoms in total. The van der Waals surface area contributed by atoms with Crippen LogP contribution in [0, 0.1) is 5.92 Å². The van der Waals surface area contributed by atoms with Gasteiger partial charge in [-0.3, -0.25) is 4.79 Å².